The van der Waals surface area contributed by atoms with E-state index in [1.807, 2.05) is 50.2 Å². The summed E-state index contributed by atoms with van der Waals surface area (Å²) < 4.78 is 11.2. The Morgan fingerprint density at radius 2 is 1.70 bits per heavy atom. The summed E-state index contributed by atoms with van der Waals surface area (Å²) in [5, 5.41) is 2.99. The lowest BCUT2D eigenvalue weighted by molar-refractivity contribution is -0.120. The summed E-state index contributed by atoms with van der Waals surface area (Å²) in [5.74, 6) is 1.56. The van der Waals surface area contributed by atoms with Gasteiger partial charge in [-0.05, 0) is 48.2 Å². The van der Waals surface area contributed by atoms with Gasteiger partial charge in [-0.3, -0.25) is 4.79 Å². The number of nitrogens with one attached hydrogen (secondary N) is 1. The van der Waals surface area contributed by atoms with E-state index in [9.17, 15) is 4.79 Å². The highest BCUT2D eigenvalue weighted by atomic mass is 16.6. The van der Waals surface area contributed by atoms with Gasteiger partial charge in [0.25, 0.3) is 0 Å². The Balaban J connectivity index is 1.64. The molecule has 2 aromatic carbocycles. The highest BCUT2D eigenvalue weighted by molar-refractivity contribution is 5.79. The van der Waals surface area contributed by atoms with Crippen LogP contribution >= 0.6 is 0 Å². The van der Waals surface area contributed by atoms with Crippen molar-refractivity contribution in [1.82, 2.24) is 5.32 Å². The smallest absolute Gasteiger partial charge is 0.224 e. The molecule has 1 aliphatic heterocycles. The Kier molecular flexibility index (Phi) is 4.51. The number of carbonyl (C=O) groups is 1. The number of fused-ring (bicyclic) bond motifs is 1. The van der Waals surface area contributed by atoms with Gasteiger partial charge in [0, 0.05) is 6.54 Å². The Morgan fingerprint density at radius 3 is 2.43 bits per heavy atom. The van der Waals surface area contributed by atoms with Gasteiger partial charge in [-0.15, -0.1) is 0 Å². The molecule has 1 aliphatic rings. The highest BCUT2D eigenvalue weighted by Gasteiger charge is 2.14. The second-order valence-electron chi connectivity index (χ2n) is 5.80. The number of benzene rings is 2. The van der Waals surface area contributed by atoms with Crippen LogP contribution in [0.5, 0.6) is 11.5 Å². The number of amides is 1. The average molecular weight is 311 g/mol. The van der Waals surface area contributed by atoms with Crippen molar-refractivity contribution < 1.29 is 14.3 Å². The number of ether oxygens (including phenoxy) is 2. The first kappa shape index (κ1) is 15.4. The Labute approximate surface area is 136 Å². The minimum absolute atomic E-state index is 0.0218. The van der Waals surface area contributed by atoms with Gasteiger partial charge in [-0.2, -0.15) is 0 Å². The van der Waals surface area contributed by atoms with E-state index in [1.165, 1.54) is 0 Å². The van der Waals surface area contributed by atoms with E-state index in [1.54, 1.807) is 0 Å². The van der Waals surface area contributed by atoms with Crippen molar-refractivity contribution in [3.05, 3.63) is 58.7 Å². The number of hydrogen-bond donors (Lipinski definition) is 1. The van der Waals surface area contributed by atoms with Gasteiger partial charge in [0.15, 0.2) is 11.5 Å². The van der Waals surface area contributed by atoms with Crippen molar-refractivity contribution in [1.29, 1.82) is 0 Å². The van der Waals surface area contributed by atoms with E-state index in [-0.39, 0.29) is 5.91 Å². The lowest BCUT2D eigenvalue weighted by atomic mass is 10.0. The van der Waals surface area contributed by atoms with E-state index in [4.69, 9.17) is 9.47 Å². The molecule has 2 aromatic rings. The van der Waals surface area contributed by atoms with Crippen LogP contribution in [0.15, 0.2) is 36.4 Å². The third-order valence-corrected chi connectivity index (χ3v) is 4.09. The second kappa shape index (κ2) is 6.73. The van der Waals surface area contributed by atoms with Crippen LogP contribution in [0.4, 0.5) is 0 Å². The first-order valence-corrected chi connectivity index (χ1v) is 7.84. The summed E-state index contributed by atoms with van der Waals surface area (Å²) in [5.41, 5.74) is 4.33. The molecule has 1 heterocycles. The van der Waals surface area contributed by atoms with E-state index in [0.717, 1.165) is 33.8 Å². The standard InChI is InChI=1S/C19H21NO3/c1-13-5-3-4-6-15(13)11-19(21)20-12-16-10-18-17(9-14(16)2)22-7-8-23-18/h3-6,9-10H,7-8,11-12H2,1-2H3,(H,20,21). The molecule has 0 atom stereocenters. The van der Waals surface area contributed by atoms with Gasteiger partial charge in [0.05, 0.1) is 6.42 Å². The van der Waals surface area contributed by atoms with Crippen molar-refractivity contribution in [3.63, 3.8) is 0 Å². The van der Waals surface area contributed by atoms with E-state index >= 15 is 0 Å². The summed E-state index contributed by atoms with van der Waals surface area (Å²) in [7, 11) is 0. The van der Waals surface area contributed by atoms with Crippen LogP contribution in [-0.4, -0.2) is 19.1 Å². The first-order valence-electron chi connectivity index (χ1n) is 7.84. The zero-order valence-corrected chi connectivity index (χ0v) is 13.5. The van der Waals surface area contributed by atoms with Crippen molar-refractivity contribution in [2.45, 2.75) is 26.8 Å². The largest absolute Gasteiger partial charge is 0.486 e. The summed E-state index contributed by atoms with van der Waals surface area (Å²) in [4.78, 5) is 12.2. The third-order valence-electron chi connectivity index (χ3n) is 4.09. The fraction of sp³-hybridized carbons (Fsp3) is 0.316. The number of rotatable bonds is 4. The molecule has 1 N–H and O–H groups in total. The molecule has 0 spiro atoms. The van der Waals surface area contributed by atoms with Gasteiger partial charge in [0.2, 0.25) is 5.91 Å². The fourth-order valence-corrected chi connectivity index (χ4v) is 2.66. The molecule has 1 amide bonds. The molecule has 0 radical (unpaired) electrons. The zero-order chi connectivity index (χ0) is 16.2. The predicted molar refractivity (Wildman–Crippen MR) is 88.9 cm³/mol. The molecule has 23 heavy (non-hydrogen) atoms. The van der Waals surface area contributed by atoms with E-state index < -0.39 is 0 Å². The third kappa shape index (κ3) is 3.65. The van der Waals surface area contributed by atoms with Crippen molar-refractivity contribution in [2.24, 2.45) is 0 Å². The van der Waals surface area contributed by atoms with E-state index in [0.29, 0.717) is 26.2 Å². The van der Waals surface area contributed by atoms with Gasteiger partial charge in [-0.25, -0.2) is 0 Å². The van der Waals surface area contributed by atoms with Gasteiger partial charge in [0.1, 0.15) is 13.2 Å². The quantitative estimate of drug-likeness (QED) is 0.944. The molecule has 0 saturated carbocycles. The molecule has 4 heteroatoms. The molecule has 0 unspecified atom stereocenters. The average Bonchev–Trinajstić information content (AvgIpc) is 2.55. The lowest BCUT2D eigenvalue weighted by Gasteiger charge is -2.20. The molecular weight excluding hydrogens is 290 g/mol. The maximum atomic E-state index is 12.2. The van der Waals surface area contributed by atoms with E-state index in [2.05, 4.69) is 5.32 Å². The minimum Gasteiger partial charge on any atom is -0.486 e. The number of carbonyl (C=O) groups excluding carboxylic acids is 1. The molecule has 0 fully saturated rings. The molecule has 3 rings (SSSR count). The molecule has 0 bridgehead atoms. The Bertz CT molecular complexity index is 725. The maximum absolute atomic E-state index is 12.2. The summed E-state index contributed by atoms with van der Waals surface area (Å²) >= 11 is 0. The van der Waals surface area contributed by atoms with Gasteiger partial charge in [-0.1, -0.05) is 24.3 Å². The van der Waals surface area contributed by atoms with Crippen LogP contribution in [0.1, 0.15) is 22.3 Å². The molecular formula is C19H21NO3. The summed E-state index contributed by atoms with van der Waals surface area (Å²) in [6.07, 6.45) is 0.399. The van der Waals surface area contributed by atoms with Crippen molar-refractivity contribution >= 4 is 5.91 Å². The molecule has 4 nitrogen and oxygen atoms in total. The molecule has 0 aliphatic carbocycles. The minimum atomic E-state index is 0.0218. The van der Waals surface area contributed by atoms with Gasteiger partial charge < -0.3 is 14.8 Å². The monoisotopic (exact) mass is 311 g/mol. The highest BCUT2D eigenvalue weighted by Crippen LogP contribution is 2.32. The Hall–Kier alpha value is -2.49. The van der Waals surface area contributed by atoms with Crippen LogP contribution in [-0.2, 0) is 17.8 Å². The Morgan fingerprint density at radius 1 is 1.00 bits per heavy atom. The zero-order valence-electron chi connectivity index (χ0n) is 13.5. The van der Waals surface area contributed by atoms with Crippen LogP contribution < -0.4 is 14.8 Å². The van der Waals surface area contributed by atoms with Crippen LogP contribution in [0.2, 0.25) is 0 Å². The molecule has 0 saturated heterocycles. The summed E-state index contributed by atoms with van der Waals surface area (Å²) in [6.45, 7) is 5.68. The predicted octanol–water partition coefficient (Wildman–Crippen LogP) is 2.93. The van der Waals surface area contributed by atoms with Crippen molar-refractivity contribution in [3.8, 4) is 11.5 Å². The van der Waals surface area contributed by atoms with Crippen LogP contribution in [0.3, 0.4) is 0 Å². The number of aryl methyl sites for hydroxylation is 2. The van der Waals surface area contributed by atoms with Crippen molar-refractivity contribution in [2.75, 3.05) is 13.2 Å². The van der Waals surface area contributed by atoms with Crippen LogP contribution in [0.25, 0.3) is 0 Å². The first-order chi connectivity index (χ1) is 11.1. The number of hydrogen-bond acceptors (Lipinski definition) is 3. The SMILES string of the molecule is Cc1cc2c(cc1CNC(=O)Cc1ccccc1C)OCCO2. The lowest BCUT2D eigenvalue weighted by Crippen LogP contribution is -2.25. The van der Waals surface area contributed by atoms with Crippen LogP contribution in [0, 0.1) is 13.8 Å². The fourth-order valence-electron chi connectivity index (χ4n) is 2.66. The topological polar surface area (TPSA) is 47.6 Å². The normalized spacial score (nSPS) is 12.8. The second-order valence-corrected chi connectivity index (χ2v) is 5.80. The van der Waals surface area contributed by atoms with Gasteiger partial charge >= 0.3 is 0 Å². The molecule has 0 aromatic heterocycles. The summed E-state index contributed by atoms with van der Waals surface area (Å²) in [6, 6.07) is 11.9. The maximum Gasteiger partial charge on any atom is 0.224 e. The molecule has 120 valence electrons.